The summed E-state index contributed by atoms with van der Waals surface area (Å²) in [6.45, 7) is 1.68. The van der Waals surface area contributed by atoms with Gasteiger partial charge in [0.15, 0.2) is 34.9 Å². The van der Waals surface area contributed by atoms with Crippen molar-refractivity contribution in [3.8, 4) is 0 Å². The number of hydrogen-bond donors (Lipinski definition) is 12. The third-order valence-corrected chi connectivity index (χ3v) is 17.1. The highest BCUT2D eigenvalue weighted by Gasteiger charge is 2.50. The highest BCUT2D eigenvalue weighted by molar-refractivity contribution is 7.71. The van der Waals surface area contributed by atoms with Crippen LogP contribution in [-0.2, 0) is 63.5 Å². The molecule has 0 amide bonds. The molecule has 2 aliphatic heterocycles. The minimum Gasteiger partial charge on any atom is -0.388 e. The van der Waals surface area contributed by atoms with Crippen LogP contribution in [0.5, 0.6) is 0 Å². The number of nitrogens with two attached hydrogens (primary N) is 2. The van der Waals surface area contributed by atoms with Crippen molar-refractivity contribution in [1.29, 1.82) is 5.53 Å². The summed E-state index contributed by atoms with van der Waals surface area (Å²) in [5.41, 5.74) is 16.4. The largest absolute Gasteiger partial charge is 0.491 e. The van der Waals surface area contributed by atoms with Gasteiger partial charge in [-0.2, -0.15) is 14.3 Å². The van der Waals surface area contributed by atoms with Gasteiger partial charge in [-0.1, -0.05) is 6.58 Å². The molecule has 0 aromatic carbocycles. The van der Waals surface area contributed by atoms with Crippen LogP contribution in [0.4, 0.5) is 23.4 Å². The van der Waals surface area contributed by atoms with Crippen LogP contribution in [0, 0.1) is 5.53 Å². The minimum atomic E-state index is -5.34. The summed E-state index contributed by atoms with van der Waals surface area (Å²) in [7, 11) is -14.8. The summed E-state index contributed by atoms with van der Waals surface area (Å²) in [5, 5.41) is 53.9. The number of imidazole rings is 1. The normalized spacial score (nSPS) is 26.6. The zero-order chi connectivity index (χ0) is 50.4. The Hall–Kier alpha value is -4.37. The molecule has 2 fully saturated rings. The molecule has 3 aromatic heterocycles. The van der Waals surface area contributed by atoms with E-state index in [1.807, 2.05) is 0 Å². The number of H-pyrrole nitrogens is 2. The summed E-state index contributed by atoms with van der Waals surface area (Å²) >= 11 is 0. The molecule has 0 spiro atoms. The summed E-state index contributed by atoms with van der Waals surface area (Å²) in [4.78, 5) is 42.3. The number of anilines is 4. The first-order chi connectivity index (χ1) is 32.1. The Morgan fingerprint density at radius 1 is 0.897 bits per heavy atom. The van der Waals surface area contributed by atoms with Crippen molar-refractivity contribution < 1.29 is 83.9 Å². The lowest BCUT2D eigenvalue weighted by Gasteiger charge is -2.29. The van der Waals surface area contributed by atoms with Crippen LogP contribution in [0.2, 0.25) is 0 Å². The summed E-state index contributed by atoms with van der Waals surface area (Å²) in [6.07, 6.45) is -9.26. The zero-order valence-electron chi connectivity index (χ0n) is 36.3. The van der Waals surface area contributed by atoms with Crippen molar-refractivity contribution in [2.45, 2.75) is 49.1 Å². The number of aromatic amines is 2. The molecule has 5 rings (SSSR count). The fraction of sp³-hybridized carbons (Fsp3) is 0.567. The molecule has 12 atom stereocenters. The first-order valence-electron chi connectivity index (χ1n) is 19.2. The number of aromatic nitrogens is 6. The molecule has 14 N–H and O–H groups in total. The monoisotopic (exact) mass is 1050 g/mol. The maximum Gasteiger partial charge on any atom is 0.491 e. The van der Waals surface area contributed by atoms with Gasteiger partial charge in [-0.3, -0.25) is 46.8 Å². The van der Waals surface area contributed by atoms with Crippen molar-refractivity contribution in [2.24, 2.45) is 5.11 Å². The number of ether oxygens (including phenoxy) is 2. The quantitative estimate of drug-likeness (QED) is 0.0269. The molecule has 0 aliphatic carbocycles. The molecule has 38 heteroatoms. The van der Waals surface area contributed by atoms with Gasteiger partial charge in [0.25, 0.3) is 11.1 Å². The van der Waals surface area contributed by atoms with Crippen molar-refractivity contribution in [3.63, 3.8) is 0 Å². The Labute approximate surface area is 383 Å². The second-order valence-corrected chi connectivity index (χ2v) is 21.5. The molecule has 34 nitrogen and oxygen atoms in total. The first-order valence-corrected chi connectivity index (χ1v) is 25.2. The van der Waals surface area contributed by atoms with Gasteiger partial charge < -0.3 is 65.9 Å². The Morgan fingerprint density at radius 2 is 1.53 bits per heavy atom. The van der Waals surface area contributed by atoms with E-state index in [1.54, 1.807) is 0 Å². The average Bonchev–Trinajstić information content (AvgIpc) is 3.94. The number of nitrogens with zero attached hydrogens (tertiary/aromatic N) is 6. The topological polar surface area (TPSA) is 478 Å². The van der Waals surface area contributed by atoms with E-state index >= 15 is 0 Å². The van der Waals surface area contributed by atoms with E-state index in [-0.39, 0.29) is 47.7 Å². The van der Waals surface area contributed by atoms with Crippen LogP contribution in [0.1, 0.15) is 6.23 Å². The Balaban J connectivity index is 1.16. The number of phosphoric ester groups is 1. The Bertz CT molecular complexity index is 2640. The molecule has 0 saturated carbocycles. The fourth-order valence-corrected chi connectivity index (χ4v) is 12.3. The molecule has 2 saturated heterocycles. The van der Waals surface area contributed by atoms with E-state index < -0.39 is 110 Å². The number of nitrogen functional groups attached to an aromatic ring is 2. The van der Waals surface area contributed by atoms with E-state index in [0.717, 1.165) is 50.4 Å². The number of nitrogens with one attached hydrogen (secondary N) is 6. The lowest BCUT2D eigenvalue weighted by molar-refractivity contribution is -0.0508. The first kappa shape index (κ1) is 54.6. The number of fused-ring (bicyclic) bond motifs is 1. The van der Waals surface area contributed by atoms with Crippen LogP contribution < -0.4 is 43.2 Å². The third kappa shape index (κ3) is 12.0. The molecule has 380 valence electrons. The summed E-state index contributed by atoms with van der Waals surface area (Å²) in [5.74, 6) is -0.639. The number of aliphatic hydroxyl groups excluding tert-OH is 4. The van der Waals surface area contributed by atoms with Crippen molar-refractivity contribution in [2.75, 3.05) is 83.5 Å². The smallest absolute Gasteiger partial charge is 0.388 e. The zero-order valence-corrected chi connectivity index (χ0v) is 39.9. The molecule has 0 radical (unpaired) electrons. The van der Waals surface area contributed by atoms with E-state index in [0.29, 0.717) is 0 Å². The van der Waals surface area contributed by atoms with Crippen LogP contribution in [-0.4, -0.2) is 155 Å². The second-order valence-electron chi connectivity index (χ2n) is 13.7. The van der Waals surface area contributed by atoms with E-state index in [9.17, 15) is 48.3 Å². The van der Waals surface area contributed by atoms with Gasteiger partial charge in [0.2, 0.25) is 11.9 Å². The fourth-order valence-electron chi connectivity index (χ4n) is 6.24. The lowest BCUT2D eigenvalue weighted by Crippen LogP contribution is -2.42. The maximum absolute atomic E-state index is 13.8. The number of phosphoric acid groups is 2. The SMILES string of the molecule is C=CN(c1nc(N)[nH]c(=O)c1NC)[C@@H]1O[C@H](COP(=O)(NCCN/C=C(\N=N)P(=O)(OC)OP(=O)(OC)OP(=O)(OC)OC[C@H]2O[C@@H](n3cnc4c(=O)[nH]c(N)nc43)C(O)C2O)OC)C(O)C1O. The van der Waals surface area contributed by atoms with Crippen molar-refractivity contribution in [1.82, 2.24) is 39.9 Å². The highest BCUT2D eigenvalue weighted by Crippen LogP contribution is 2.74. The molecular weight excluding hydrogens is 1000 g/mol. The lowest BCUT2D eigenvalue weighted by atomic mass is 10.1. The van der Waals surface area contributed by atoms with Gasteiger partial charge in [0.1, 0.15) is 42.3 Å². The van der Waals surface area contributed by atoms with Gasteiger partial charge in [0.05, 0.1) is 19.5 Å². The maximum atomic E-state index is 13.8. The number of hydrogen-bond acceptors (Lipinski definition) is 30. The van der Waals surface area contributed by atoms with Crippen LogP contribution in [0.3, 0.4) is 0 Å². The van der Waals surface area contributed by atoms with Crippen molar-refractivity contribution >= 4 is 65.6 Å². The van der Waals surface area contributed by atoms with Gasteiger partial charge >= 0.3 is 31.0 Å². The second kappa shape index (κ2) is 22.6. The van der Waals surface area contributed by atoms with Crippen molar-refractivity contribution in [3.05, 3.63) is 51.5 Å². The number of rotatable bonds is 26. The van der Waals surface area contributed by atoms with E-state index in [2.05, 4.69) is 52.3 Å². The average molecular weight is 1050 g/mol. The third-order valence-electron chi connectivity index (χ3n) is 9.63. The van der Waals surface area contributed by atoms with Crippen LogP contribution >= 0.6 is 31.0 Å². The molecule has 2 aliphatic rings. The Morgan fingerprint density at radius 3 is 2.15 bits per heavy atom. The molecule has 3 aromatic rings. The molecular formula is C30H50N14O20P4. The molecule has 8 unspecified atom stereocenters. The van der Waals surface area contributed by atoms with E-state index in [4.69, 9.17) is 62.2 Å². The minimum absolute atomic E-state index is 0.0628. The van der Waals surface area contributed by atoms with Crippen LogP contribution in [0.15, 0.2) is 45.4 Å². The van der Waals surface area contributed by atoms with Gasteiger partial charge in [-0.05, 0) is 0 Å². The van der Waals surface area contributed by atoms with Gasteiger partial charge in [-0.15, -0.1) is 5.11 Å². The summed E-state index contributed by atoms with van der Waals surface area (Å²) in [6, 6.07) is 0. The number of aliphatic hydroxyl groups is 4. The summed E-state index contributed by atoms with van der Waals surface area (Å²) < 4.78 is 107. The molecule has 5 heterocycles. The van der Waals surface area contributed by atoms with E-state index in [1.165, 1.54) is 13.2 Å². The highest BCUT2D eigenvalue weighted by atomic mass is 31.3. The Kier molecular flexibility index (Phi) is 18.1. The molecule has 0 bridgehead atoms. The van der Waals surface area contributed by atoms with Gasteiger partial charge in [-0.25, -0.2) is 33.6 Å². The molecule has 68 heavy (non-hydrogen) atoms. The van der Waals surface area contributed by atoms with Crippen LogP contribution in [0.25, 0.3) is 11.2 Å². The predicted molar refractivity (Wildman–Crippen MR) is 232 cm³/mol. The van der Waals surface area contributed by atoms with Gasteiger partial charge in [0, 0.05) is 61.0 Å². The standard InChI is InChI=1S/C30H50N14O20P4/c1-7-43(23-17(34-2)25(49)40-29(31)38-23)27-21(47)19(45)14(61-27)11-59-66(52,56-4)37-9-8-35-10-16(42-33)65(51,55-3)63-68(54,58-6)64-67(53,57-5)60-12-15-20(46)22(48)28(62-15)44-13-36-18-24(44)39-30(32)41-26(18)50/h7,10,13-15,19-22,27-28,33-35,45-48H,1,8-9,11-12H2,2-6H3,(H,37,52)(H3,31,38,40,49)(H3,32,39,41,50)/b16-10+,42-33?/t14-,15-,19?,20?,21?,22?,27-,28-,65?,66?,67?,68?/m1/s1. The predicted octanol–water partition coefficient (Wildman–Crippen LogP) is -0.697.